The second-order valence-corrected chi connectivity index (χ2v) is 9.68. The molecule has 2 N–H and O–H groups in total. The van der Waals surface area contributed by atoms with Gasteiger partial charge in [0.1, 0.15) is 23.5 Å². The predicted octanol–water partition coefficient (Wildman–Crippen LogP) is 5.20. The first-order chi connectivity index (χ1) is 14.3. The largest absolute Gasteiger partial charge is 0.489 e. The van der Waals surface area contributed by atoms with Crippen LogP contribution < -0.4 is 10.1 Å². The van der Waals surface area contributed by atoms with E-state index in [1.807, 2.05) is 42.5 Å². The second kappa shape index (κ2) is 9.41. The molecular weight excluding hydrogens is 394 g/mol. The van der Waals surface area contributed by atoms with Gasteiger partial charge in [0.15, 0.2) is 0 Å². The quantitative estimate of drug-likeness (QED) is 0.634. The summed E-state index contributed by atoms with van der Waals surface area (Å²) < 4.78 is 11.1. The highest BCUT2D eigenvalue weighted by Crippen LogP contribution is 2.35. The summed E-state index contributed by atoms with van der Waals surface area (Å²) in [6.07, 6.45) is -0.656. The first kappa shape index (κ1) is 24.3. The third-order valence-corrected chi connectivity index (χ3v) is 5.00. The normalized spacial score (nSPS) is 13.7. The zero-order chi connectivity index (χ0) is 23.3. The Balaban J connectivity index is 2.19. The molecule has 2 aromatic rings. The average Bonchev–Trinajstić information content (AvgIpc) is 2.65. The molecule has 0 aliphatic carbocycles. The van der Waals surface area contributed by atoms with Crippen LogP contribution in [0.5, 0.6) is 5.75 Å². The number of alkyl carbamates (subject to hydrolysis) is 1. The molecule has 0 aliphatic rings. The van der Waals surface area contributed by atoms with Crippen molar-refractivity contribution in [2.75, 3.05) is 0 Å². The summed E-state index contributed by atoms with van der Waals surface area (Å²) in [5.41, 5.74) is -1.24. The van der Waals surface area contributed by atoms with Gasteiger partial charge in [-0.05, 0) is 49.4 Å². The number of aliphatic carboxylic acids is 1. The summed E-state index contributed by atoms with van der Waals surface area (Å²) in [5.74, 6) is -0.431. The molecule has 0 spiro atoms. The van der Waals surface area contributed by atoms with Crippen molar-refractivity contribution in [2.24, 2.45) is 5.41 Å². The van der Waals surface area contributed by atoms with E-state index in [2.05, 4.69) is 5.32 Å². The minimum Gasteiger partial charge on any atom is -0.489 e. The molecule has 1 amide bonds. The van der Waals surface area contributed by atoms with E-state index >= 15 is 0 Å². The van der Waals surface area contributed by atoms with Gasteiger partial charge in [0.05, 0.1) is 0 Å². The van der Waals surface area contributed by atoms with Crippen LogP contribution >= 0.6 is 0 Å². The number of benzene rings is 2. The average molecular weight is 428 g/mol. The Bertz CT molecular complexity index is 879. The molecule has 0 aliphatic heterocycles. The molecule has 0 heterocycles. The van der Waals surface area contributed by atoms with Crippen molar-refractivity contribution in [1.82, 2.24) is 5.32 Å². The molecule has 0 saturated carbocycles. The van der Waals surface area contributed by atoms with E-state index in [1.54, 1.807) is 53.7 Å². The number of hydrogen-bond acceptors (Lipinski definition) is 4. The van der Waals surface area contributed by atoms with Crippen LogP contribution in [-0.2, 0) is 22.6 Å². The Kier molecular flexibility index (Phi) is 7.37. The van der Waals surface area contributed by atoms with Gasteiger partial charge in [-0.3, -0.25) is 0 Å². The maximum atomic E-state index is 12.5. The molecule has 6 heteroatoms. The molecule has 0 aromatic heterocycles. The van der Waals surface area contributed by atoms with Gasteiger partial charge in [0.25, 0.3) is 0 Å². The molecule has 0 unspecified atom stereocenters. The number of carbonyl (C=O) groups is 2. The first-order valence-corrected chi connectivity index (χ1v) is 10.3. The Morgan fingerprint density at radius 1 is 0.871 bits per heavy atom. The fourth-order valence-corrected chi connectivity index (χ4v) is 3.18. The number of rotatable bonds is 7. The Morgan fingerprint density at radius 2 is 1.45 bits per heavy atom. The van der Waals surface area contributed by atoms with Gasteiger partial charge in [-0.1, -0.05) is 63.2 Å². The summed E-state index contributed by atoms with van der Waals surface area (Å²) in [7, 11) is 0. The Labute approximate surface area is 184 Å². The SMILES string of the molecule is CC(C)(C)OC(=O)N[C@@](Cc1ccc(OCc2ccccc2)cc1)(C(=O)O)C(C)(C)C. The molecule has 0 fully saturated rings. The van der Waals surface area contributed by atoms with E-state index in [9.17, 15) is 14.7 Å². The molecule has 168 valence electrons. The molecule has 0 bridgehead atoms. The fourth-order valence-electron chi connectivity index (χ4n) is 3.18. The van der Waals surface area contributed by atoms with E-state index in [0.29, 0.717) is 12.4 Å². The predicted molar refractivity (Wildman–Crippen MR) is 120 cm³/mol. The highest BCUT2D eigenvalue weighted by atomic mass is 16.6. The highest BCUT2D eigenvalue weighted by Gasteiger charge is 2.50. The number of nitrogens with one attached hydrogen (secondary N) is 1. The fraction of sp³-hybridized carbons (Fsp3) is 0.440. The van der Waals surface area contributed by atoms with E-state index in [1.165, 1.54) is 0 Å². The summed E-state index contributed by atoms with van der Waals surface area (Å²) in [5, 5.41) is 12.8. The first-order valence-electron chi connectivity index (χ1n) is 10.3. The van der Waals surface area contributed by atoms with Crippen LogP contribution in [0.3, 0.4) is 0 Å². The van der Waals surface area contributed by atoms with Crippen LogP contribution in [0.4, 0.5) is 4.79 Å². The lowest BCUT2D eigenvalue weighted by molar-refractivity contribution is -0.150. The topological polar surface area (TPSA) is 84.9 Å². The van der Waals surface area contributed by atoms with Gasteiger partial charge in [-0.15, -0.1) is 0 Å². The van der Waals surface area contributed by atoms with E-state index in [0.717, 1.165) is 11.1 Å². The van der Waals surface area contributed by atoms with Crippen molar-refractivity contribution in [3.8, 4) is 5.75 Å². The maximum absolute atomic E-state index is 12.5. The molecule has 2 aromatic carbocycles. The van der Waals surface area contributed by atoms with Crippen molar-refractivity contribution in [2.45, 2.75) is 65.7 Å². The van der Waals surface area contributed by atoms with Gasteiger partial charge in [0.2, 0.25) is 0 Å². The Morgan fingerprint density at radius 3 is 1.94 bits per heavy atom. The van der Waals surface area contributed by atoms with Crippen molar-refractivity contribution in [3.63, 3.8) is 0 Å². The third kappa shape index (κ3) is 6.74. The molecule has 6 nitrogen and oxygen atoms in total. The van der Waals surface area contributed by atoms with Gasteiger partial charge in [-0.25, -0.2) is 9.59 Å². The highest BCUT2D eigenvalue weighted by molar-refractivity contribution is 5.86. The van der Waals surface area contributed by atoms with Crippen molar-refractivity contribution >= 4 is 12.1 Å². The lowest BCUT2D eigenvalue weighted by Crippen LogP contribution is -2.64. The number of ether oxygens (including phenoxy) is 2. The molecule has 2 rings (SSSR count). The number of carboxylic acid groups (broad SMARTS) is 1. The second-order valence-electron chi connectivity index (χ2n) is 9.68. The van der Waals surface area contributed by atoms with Crippen LogP contribution in [0.1, 0.15) is 52.7 Å². The van der Waals surface area contributed by atoms with E-state index in [-0.39, 0.29) is 6.42 Å². The maximum Gasteiger partial charge on any atom is 0.408 e. The van der Waals surface area contributed by atoms with Crippen LogP contribution in [-0.4, -0.2) is 28.3 Å². The van der Waals surface area contributed by atoms with E-state index < -0.39 is 28.6 Å². The number of hydrogen-bond donors (Lipinski definition) is 2. The number of carboxylic acids is 1. The van der Waals surface area contributed by atoms with Crippen molar-refractivity contribution < 1.29 is 24.2 Å². The van der Waals surface area contributed by atoms with Crippen LogP contribution in [0.15, 0.2) is 54.6 Å². The van der Waals surface area contributed by atoms with Crippen molar-refractivity contribution in [1.29, 1.82) is 0 Å². The molecular formula is C25H33NO5. The minimum atomic E-state index is -1.55. The summed E-state index contributed by atoms with van der Waals surface area (Å²) in [6, 6.07) is 17.1. The third-order valence-electron chi connectivity index (χ3n) is 5.00. The zero-order valence-electron chi connectivity index (χ0n) is 19.2. The zero-order valence-corrected chi connectivity index (χ0v) is 19.2. The smallest absolute Gasteiger partial charge is 0.408 e. The summed E-state index contributed by atoms with van der Waals surface area (Å²) >= 11 is 0. The van der Waals surface area contributed by atoms with Crippen LogP contribution in [0, 0.1) is 5.41 Å². The lowest BCUT2D eigenvalue weighted by atomic mass is 9.70. The van der Waals surface area contributed by atoms with Gasteiger partial charge < -0.3 is 19.9 Å². The summed E-state index contributed by atoms with van der Waals surface area (Å²) in [6.45, 7) is 11.0. The molecule has 0 radical (unpaired) electrons. The molecule has 1 atom stereocenters. The Hall–Kier alpha value is -3.02. The standard InChI is InChI=1S/C25H33NO5/c1-23(2,3)25(21(27)28,26-22(29)31-24(4,5)6)16-18-12-14-20(15-13-18)30-17-19-10-8-7-9-11-19/h7-15H,16-17H2,1-6H3,(H,26,29)(H,27,28)/t25-/m0/s1. The van der Waals surface area contributed by atoms with Crippen LogP contribution in [0.25, 0.3) is 0 Å². The monoisotopic (exact) mass is 427 g/mol. The summed E-state index contributed by atoms with van der Waals surface area (Å²) in [4.78, 5) is 24.9. The number of amides is 1. The lowest BCUT2D eigenvalue weighted by Gasteiger charge is -2.42. The van der Waals surface area contributed by atoms with E-state index in [4.69, 9.17) is 9.47 Å². The minimum absolute atomic E-state index is 0.101. The molecule has 0 saturated heterocycles. The van der Waals surface area contributed by atoms with Gasteiger partial charge >= 0.3 is 12.1 Å². The molecule has 31 heavy (non-hydrogen) atoms. The number of carbonyl (C=O) groups excluding carboxylic acids is 1. The van der Waals surface area contributed by atoms with Crippen molar-refractivity contribution in [3.05, 3.63) is 65.7 Å². The van der Waals surface area contributed by atoms with Crippen LogP contribution in [0.2, 0.25) is 0 Å². The van der Waals surface area contributed by atoms with Gasteiger partial charge in [0, 0.05) is 6.42 Å². The van der Waals surface area contributed by atoms with Gasteiger partial charge in [-0.2, -0.15) is 0 Å².